The van der Waals surface area contributed by atoms with E-state index in [4.69, 9.17) is 11.5 Å². The molecule has 0 saturated heterocycles. The van der Waals surface area contributed by atoms with Crippen molar-refractivity contribution < 1.29 is 10.2 Å². The Bertz CT molecular complexity index is 639. The van der Waals surface area contributed by atoms with Gasteiger partial charge in [-0.05, 0) is 52.0 Å². The molecule has 118 valence electrons. The van der Waals surface area contributed by atoms with Crippen LogP contribution in [0.4, 0.5) is 11.4 Å². The Labute approximate surface area is 129 Å². The van der Waals surface area contributed by atoms with Gasteiger partial charge >= 0.3 is 0 Å². The van der Waals surface area contributed by atoms with Gasteiger partial charge < -0.3 is 21.7 Å². The minimum Gasteiger partial charge on any atom is -0.397 e. The monoisotopic (exact) mass is 302 g/mol. The summed E-state index contributed by atoms with van der Waals surface area (Å²) in [5.41, 5.74) is 12.1. The van der Waals surface area contributed by atoms with Gasteiger partial charge in [0.1, 0.15) is 11.2 Å². The van der Waals surface area contributed by atoms with Crippen molar-refractivity contribution in [2.24, 2.45) is 0 Å². The van der Waals surface area contributed by atoms with Crippen molar-refractivity contribution in [3.8, 4) is 11.4 Å². The lowest BCUT2D eigenvalue weighted by molar-refractivity contribution is 0.0739. The zero-order valence-corrected chi connectivity index (χ0v) is 13.3. The number of anilines is 2. The van der Waals surface area contributed by atoms with Gasteiger partial charge in [0.05, 0.1) is 34.2 Å². The number of nitrogen functional groups attached to an aromatic ring is 2. The number of aromatic nitrogens is 2. The third kappa shape index (κ3) is 3.18. The van der Waals surface area contributed by atoms with Crippen molar-refractivity contribution >= 4 is 11.4 Å². The second kappa shape index (κ2) is 5.23. The summed E-state index contributed by atoms with van der Waals surface area (Å²) >= 11 is 0. The van der Waals surface area contributed by atoms with E-state index >= 15 is 0 Å². The Morgan fingerprint density at radius 2 is 1.05 bits per heavy atom. The van der Waals surface area contributed by atoms with E-state index in [1.165, 1.54) is 0 Å². The van der Waals surface area contributed by atoms with E-state index in [0.29, 0.717) is 34.2 Å². The maximum absolute atomic E-state index is 10.1. The fourth-order valence-electron chi connectivity index (χ4n) is 2.21. The molecule has 0 unspecified atom stereocenters. The molecule has 2 aromatic rings. The predicted octanol–water partition coefficient (Wildman–Crippen LogP) is 1.76. The normalized spacial score (nSPS) is 12.5. The van der Waals surface area contributed by atoms with Gasteiger partial charge in [-0.3, -0.25) is 0 Å². The summed E-state index contributed by atoms with van der Waals surface area (Å²) in [6, 6.07) is 6.80. The van der Waals surface area contributed by atoms with Crippen molar-refractivity contribution in [1.82, 2.24) is 9.97 Å². The molecule has 0 saturated carbocycles. The summed E-state index contributed by atoms with van der Waals surface area (Å²) in [6.45, 7) is 6.48. The molecule has 0 aromatic carbocycles. The SMILES string of the molecule is CC(C)(O)c1nc(-c2ccc(N)c(C(C)(C)O)n2)ccc1N. The molecule has 2 heterocycles. The molecule has 6 heteroatoms. The van der Waals surface area contributed by atoms with Gasteiger partial charge in [0.25, 0.3) is 0 Å². The summed E-state index contributed by atoms with van der Waals surface area (Å²) in [7, 11) is 0. The zero-order chi connectivity index (χ0) is 16.7. The maximum Gasteiger partial charge on any atom is 0.103 e. The van der Waals surface area contributed by atoms with E-state index in [1.54, 1.807) is 52.0 Å². The summed E-state index contributed by atoms with van der Waals surface area (Å²) < 4.78 is 0. The summed E-state index contributed by atoms with van der Waals surface area (Å²) in [5.74, 6) is 0. The molecular weight excluding hydrogens is 280 g/mol. The topological polar surface area (TPSA) is 118 Å². The number of rotatable bonds is 3. The van der Waals surface area contributed by atoms with Gasteiger partial charge in [-0.1, -0.05) is 0 Å². The van der Waals surface area contributed by atoms with Gasteiger partial charge in [-0.2, -0.15) is 0 Å². The number of hydrogen-bond donors (Lipinski definition) is 4. The molecule has 0 spiro atoms. The molecule has 2 aromatic heterocycles. The summed E-state index contributed by atoms with van der Waals surface area (Å²) in [6.07, 6.45) is 0. The van der Waals surface area contributed by atoms with Crippen molar-refractivity contribution in [2.75, 3.05) is 11.5 Å². The Balaban J connectivity index is 2.59. The molecule has 0 atom stereocenters. The van der Waals surface area contributed by atoms with Gasteiger partial charge in [-0.15, -0.1) is 0 Å². The Kier molecular flexibility index (Phi) is 3.85. The Morgan fingerprint density at radius 1 is 0.727 bits per heavy atom. The second-order valence-electron chi connectivity index (χ2n) is 6.39. The fourth-order valence-corrected chi connectivity index (χ4v) is 2.21. The zero-order valence-electron chi connectivity index (χ0n) is 13.3. The first-order valence-electron chi connectivity index (χ1n) is 6.99. The molecule has 0 radical (unpaired) electrons. The van der Waals surface area contributed by atoms with E-state index in [2.05, 4.69) is 9.97 Å². The maximum atomic E-state index is 10.1. The van der Waals surface area contributed by atoms with Crippen molar-refractivity contribution in [3.63, 3.8) is 0 Å². The van der Waals surface area contributed by atoms with Crippen LogP contribution in [-0.4, -0.2) is 20.2 Å². The third-order valence-corrected chi connectivity index (χ3v) is 3.27. The quantitative estimate of drug-likeness (QED) is 0.686. The van der Waals surface area contributed by atoms with Crippen LogP contribution in [-0.2, 0) is 11.2 Å². The van der Waals surface area contributed by atoms with Crippen LogP contribution in [0, 0.1) is 0 Å². The Morgan fingerprint density at radius 3 is 1.32 bits per heavy atom. The van der Waals surface area contributed by atoms with Crippen LogP contribution in [0.1, 0.15) is 39.1 Å². The molecule has 0 aliphatic rings. The lowest BCUT2D eigenvalue weighted by atomic mass is 10.0. The van der Waals surface area contributed by atoms with E-state index in [9.17, 15) is 10.2 Å². The molecular formula is C16H22N4O2. The first kappa shape index (κ1) is 16.2. The fraction of sp³-hybridized carbons (Fsp3) is 0.375. The van der Waals surface area contributed by atoms with Gasteiger partial charge in [0.15, 0.2) is 0 Å². The van der Waals surface area contributed by atoms with Gasteiger partial charge in [0, 0.05) is 0 Å². The largest absolute Gasteiger partial charge is 0.397 e. The first-order chi connectivity index (χ1) is 10.00. The van der Waals surface area contributed by atoms with Crippen LogP contribution >= 0.6 is 0 Å². The highest BCUT2D eigenvalue weighted by atomic mass is 16.3. The number of pyridine rings is 2. The van der Waals surface area contributed by atoms with Gasteiger partial charge in [0.2, 0.25) is 0 Å². The first-order valence-corrected chi connectivity index (χ1v) is 6.99. The molecule has 22 heavy (non-hydrogen) atoms. The van der Waals surface area contributed by atoms with Crippen molar-refractivity contribution in [3.05, 3.63) is 35.7 Å². The summed E-state index contributed by atoms with van der Waals surface area (Å²) in [4.78, 5) is 8.81. The van der Waals surface area contributed by atoms with Crippen LogP contribution in [0.2, 0.25) is 0 Å². The highest BCUT2D eigenvalue weighted by Crippen LogP contribution is 2.29. The molecule has 0 bridgehead atoms. The lowest BCUT2D eigenvalue weighted by Gasteiger charge is -2.21. The summed E-state index contributed by atoms with van der Waals surface area (Å²) in [5, 5.41) is 20.3. The average Bonchev–Trinajstić information content (AvgIpc) is 2.37. The number of nitrogens with two attached hydrogens (primary N) is 2. The lowest BCUT2D eigenvalue weighted by Crippen LogP contribution is -2.21. The van der Waals surface area contributed by atoms with Crippen molar-refractivity contribution in [1.29, 1.82) is 0 Å². The molecule has 0 aliphatic carbocycles. The van der Waals surface area contributed by atoms with E-state index < -0.39 is 11.2 Å². The minimum absolute atomic E-state index is 0.383. The minimum atomic E-state index is -1.16. The average molecular weight is 302 g/mol. The van der Waals surface area contributed by atoms with Crippen LogP contribution in [0.25, 0.3) is 11.4 Å². The number of hydrogen-bond acceptors (Lipinski definition) is 6. The van der Waals surface area contributed by atoms with Crippen LogP contribution in [0.3, 0.4) is 0 Å². The highest BCUT2D eigenvalue weighted by Gasteiger charge is 2.24. The number of aliphatic hydroxyl groups is 2. The molecule has 0 fully saturated rings. The predicted molar refractivity (Wildman–Crippen MR) is 86.8 cm³/mol. The van der Waals surface area contributed by atoms with Crippen LogP contribution in [0.5, 0.6) is 0 Å². The van der Waals surface area contributed by atoms with Crippen molar-refractivity contribution in [2.45, 2.75) is 38.9 Å². The van der Waals surface area contributed by atoms with Crippen LogP contribution in [0.15, 0.2) is 24.3 Å². The van der Waals surface area contributed by atoms with Crippen LogP contribution < -0.4 is 11.5 Å². The smallest absolute Gasteiger partial charge is 0.103 e. The Hall–Kier alpha value is -2.18. The molecule has 6 nitrogen and oxygen atoms in total. The molecule has 6 N–H and O–H groups in total. The van der Waals surface area contributed by atoms with E-state index in [0.717, 1.165) is 0 Å². The molecule has 0 amide bonds. The standard InChI is InChI=1S/C16H22N4O2/c1-15(2,21)13-9(17)5-7-11(19-13)12-8-6-10(18)14(20-12)16(3,4)22/h5-8,21-22H,17-18H2,1-4H3. The van der Waals surface area contributed by atoms with E-state index in [1.807, 2.05) is 0 Å². The second-order valence-corrected chi connectivity index (χ2v) is 6.39. The molecule has 0 aliphatic heterocycles. The molecule has 2 rings (SSSR count). The highest BCUT2D eigenvalue weighted by molar-refractivity contribution is 5.62. The van der Waals surface area contributed by atoms with Gasteiger partial charge in [-0.25, -0.2) is 9.97 Å². The van der Waals surface area contributed by atoms with E-state index in [-0.39, 0.29) is 0 Å². The number of nitrogens with zero attached hydrogens (tertiary/aromatic N) is 2. The third-order valence-electron chi connectivity index (χ3n) is 3.27.